The maximum atomic E-state index is 13.8. The Labute approximate surface area is 149 Å². The number of rotatable bonds is 5. The largest absolute Gasteiger partial charge is 0.324 e. The summed E-state index contributed by atoms with van der Waals surface area (Å²) in [5.74, 6) is -0.764. The van der Waals surface area contributed by atoms with Crippen molar-refractivity contribution in [3.8, 4) is 6.07 Å². The van der Waals surface area contributed by atoms with Gasteiger partial charge in [-0.05, 0) is 37.4 Å². The van der Waals surface area contributed by atoms with Gasteiger partial charge in [0.25, 0.3) is 0 Å². The number of hydrogen-bond donors (Lipinski definition) is 1. The van der Waals surface area contributed by atoms with Crippen molar-refractivity contribution < 1.29 is 9.18 Å². The van der Waals surface area contributed by atoms with Gasteiger partial charge in [0, 0.05) is 22.2 Å². The minimum Gasteiger partial charge on any atom is -0.324 e. The van der Waals surface area contributed by atoms with E-state index in [1.165, 1.54) is 24.3 Å². The van der Waals surface area contributed by atoms with Crippen LogP contribution < -0.4 is 5.32 Å². The molecule has 0 aliphatic heterocycles. The van der Waals surface area contributed by atoms with Crippen LogP contribution in [0.1, 0.15) is 11.1 Å². The van der Waals surface area contributed by atoms with Crippen LogP contribution in [-0.4, -0.2) is 24.4 Å². The molecule has 0 atom stereocenters. The van der Waals surface area contributed by atoms with Gasteiger partial charge in [-0.25, -0.2) is 4.39 Å². The molecule has 1 amide bonds. The van der Waals surface area contributed by atoms with E-state index in [2.05, 4.69) is 5.32 Å². The molecule has 7 heteroatoms. The topological polar surface area (TPSA) is 56.1 Å². The van der Waals surface area contributed by atoms with Gasteiger partial charge < -0.3 is 5.32 Å². The quantitative estimate of drug-likeness (QED) is 0.868. The van der Waals surface area contributed by atoms with Gasteiger partial charge in [0.15, 0.2) is 0 Å². The van der Waals surface area contributed by atoms with Gasteiger partial charge in [0.2, 0.25) is 5.91 Å². The highest BCUT2D eigenvalue weighted by Gasteiger charge is 2.14. The zero-order valence-corrected chi connectivity index (χ0v) is 14.3. The summed E-state index contributed by atoms with van der Waals surface area (Å²) in [4.78, 5) is 13.8. The number of carbonyl (C=O) groups excluding carboxylic acids is 1. The molecule has 0 saturated carbocycles. The van der Waals surface area contributed by atoms with Gasteiger partial charge in [0.05, 0.1) is 17.8 Å². The molecule has 2 rings (SSSR count). The summed E-state index contributed by atoms with van der Waals surface area (Å²) in [6, 6.07) is 11.0. The van der Waals surface area contributed by atoms with Gasteiger partial charge in [-0.2, -0.15) is 5.26 Å². The fraction of sp³-hybridized carbons (Fsp3) is 0.176. The Kier molecular flexibility index (Phi) is 6.16. The number of nitrogens with one attached hydrogen (secondary N) is 1. The van der Waals surface area contributed by atoms with Gasteiger partial charge in [-0.1, -0.05) is 29.3 Å². The molecule has 1 N–H and O–H groups in total. The van der Waals surface area contributed by atoms with Crippen molar-refractivity contribution in [2.45, 2.75) is 6.54 Å². The molecule has 0 radical (unpaired) electrons. The third-order valence-corrected chi connectivity index (χ3v) is 3.87. The van der Waals surface area contributed by atoms with Crippen LogP contribution in [-0.2, 0) is 11.3 Å². The lowest BCUT2D eigenvalue weighted by Crippen LogP contribution is -2.30. The number of anilines is 1. The van der Waals surface area contributed by atoms with Crippen LogP contribution >= 0.6 is 23.2 Å². The molecule has 124 valence electrons. The molecule has 4 nitrogen and oxygen atoms in total. The fourth-order valence-electron chi connectivity index (χ4n) is 2.16. The van der Waals surface area contributed by atoms with Gasteiger partial charge in [-0.15, -0.1) is 0 Å². The fourth-order valence-corrected chi connectivity index (χ4v) is 2.56. The molecule has 0 heterocycles. The summed E-state index contributed by atoms with van der Waals surface area (Å²) in [6.45, 7) is 0.182. The number of halogens is 3. The summed E-state index contributed by atoms with van der Waals surface area (Å²) < 4.78 is 13.8. The molecule has 0 aromatic heterocycles. The number of hydrogen-bond acceptors (Lipinski definition) is 3. The van der Waals surface area contributed by atoms with Crippen molar-refractivity contribution in [2.75, 3.05) is 18.9 Å². The minimum atomic E-state index is -0.420. The predicted octanol–water partition coefficient (Wildman–Crippen LogP) is 4.07. The average molecular weight is 366 g/mol. The van der Waals surface area contributed by atoms with E-state index in [9.17, 15) is 9.18 Å². The van der Waals surface area contributed by atoms with Crippen molar-refractivity contribution in [3.05, 3.63) is 63.4 Å². The summed E-state index contributed by atoms with van der Waals surface area (Å²) in [7, 11) is 1.67. The highest BCUT2D eigenvalue weighted by Crippen LogP contribution is 2.21. The van der Waals surface area contributed by atoms with Crippen molar-refractivity contribution in [2.24, 2.45) is 0 Å². The number of carbonyl (C=O) groups is 1. The average Bonchev–Trinajstić information content (AvgIpc) is 2.51. The lowest BCUT2D eigenvalue weighted by Gasteiger charge is -2.18. The molecule has 0 aliphatic rings. The number of benzene rings is 2. The highest BCUT2D eigenvalue weighted by atomic mass is 35.5. The SMILES string of the molecule is CN(CC(=O)Nc1cc(Cl)ccc1C#N)Cc1c(F)cccc1Cl. The molecule has 0 fully saturated rings. The van der Waals surface area contributed by atoms with Gasteiger partial charge in [-0.3, -0.25) is 9.69 Å². The standard InChI is InChI=1S/C17H14Cl2FN3O/c1-23(9-13-14(19)3-2-4-15(13)20)10-17(24)22-16-7-12(18)6-5-11(16)8-21/h2-7H,9-10H2,1H3,(H,22,24). The number of nitrogens with zero attached hydrogens (tertiary/aromatic N) is 2. The van der Waals surface area contributed by atoms with Gasteiger partial charge >= 0.3 is 0 Å². The zero-order chi connectivity index (χ0) is 17.7. The second-order valence-corrected chi connectivity index (χ2v) is 6.07. The van der Waals surface area contributed by atoms with Crippen molar-refractivity contribution in [1.29, 1.82) is 5.26 Å². The lowest BCUT2D eigenvalue weighted by atomic mass is 10.2. The first kappa shape index (κ1) is 18.2. The number of nitriles is 1. The number of likely N-dealkylation sites (N-methyl/N-ethyl adjacent to an activating group) is 1. The van der Waals surface area contributed by atoms with E-state index in [-0.39, 0.29) is 19.0 Å². The predicted molar refractivity (Wildman–Crippen MR) is 92.5 cm³/mol. The Bertz CT molecular complexity index is 785. The molecule has 0 aliphatic carbocycles. The first-order chi connectivity index (χ1) is 11.4. The normalized spacial score (nSPS) is 10.5. The molecule has 24 heavy (non-hydrogen) atoms. The van der Waals surface area contributed by atoms with Crippen LogP contribution in [0.3, 0.4) is 0 Å². The summed E-state index contributed by atoms with van der Waals surface area (Å²) in [5, 5.41) is 12.4. The Morgan fingerprint density at radius 3 is 2.75 bits per heavy atom. The first-order valence-corrected chi connectivity index (χ1v) is 7.77. The van der Waals surface area contributed by atoms with Gasteiger partial charge in [0.1, 0.15) is 11.9 Å². The molecule has 0 bridgehead atoms. The molecule has 0 saturated heterocycles. The van der Waals surface area contributed by atoms with E-state index in [1.807, 2.05) is 6.07 Å². The molecular weight excluding hydrogens is 352 g/mol. The lowest BCUT2D eigenvalue weighted by molar-refractivity contribution is -0.117. The van der Waals surface area contributed by atoms with E-state index in [1.54, 1.807) is 24.1 Å². The molecule has 2 aromatic carbocycles. The maximum Gasteiger partial charge on any atom is 0.238 e. The summed E-state index contributed by atoms with van der Waals surface area (Å²) >= 11 is 11.9. The second kappa shape index (κ2) is 8.11. The minimum absolute atomic E-state index is 0.00203. The van der Waals surface area contributed by atoms with E-state index < -0.39 is 5.82 Å². The van der Waals surface area contributed by atoms with Crippen molar-refractivity contribution >= 4 is 34.8 Å². The Morgan fingerprint density at radius 2 is 2.08 bits per heavy atom. The van der Waals surface area contributed by atoms with E-state index >= 15 is 0 Å². The smallest absolute Gasteiger partial charge is 0.238 e. The van der Waals surface area contributed by atoms with Crippen LogP contribution in [0.5, 0.6) is 0 Å². The first-order valence-electron chi connectivity index (χ1n) is 7.01. The van der Waals surface area contributed by atoms with Crippen LogP contribution in [0.25, 0.3) is 0 Å². The van der Waals surface area contributed by atoms with E-state index in [0.29, 0.717) is 26.9 Å². The molecular formula is C17H14Cl2FN3O. The van der Waals surface area contributed by atoms with Crippen LogP contribution in [0.2, 0.25) is 10.0 Å². The second-order valence-electron chi connectivity index (χ2n) is 5.22. The molecule has 0 unspecified atom stereocenters. The summed E-state index contributed by atoms with van der Waals surface area (Å²) in [6.07, 6.45) is 0. The Balaban J connectivity index is 2.02. The Morgan fingerprint density at radius 1 is 1.33 bits per heavy atom. The van der Waals surface area contributed by atoms with E-state index in [4.69, 9.17) is 28.5 Å². The highest BCUT2D eigenvalue weighted by molar-refractivity contribution is 6.31. The third kappa shape index (κ3) is 4.68. The maximum absolute atomic E-state index is 13.8. The summed E-state index contributed by atoms with van der Waals surface area (Å²) in [5.41, 5.74) is 0.981. The van der Waals surface area contributed by atoms with Crippen LogP contribution in [0.4, 0.5) is 10.1 Å². The van der Waals surface area contributed by atoms with Crippen molar-refractivity contribution in [3.63, 3.8) is 0 Å². The molecule has 0 spiro atoms. The van der Waals surface area contributed by atoms with Crippen molar-refractivity contribution in [1.82, 2.24) is 4.90 Å². The zero-order valence-electron chi connectivity index (χ0n) is 12.8. The third-order valence-electron chi connectivity index (χ3n) is 3.28. The van der Waals surface area contributed by atoms with Crippen LogP contribution in [0.15, 0.2) is 36.4 Å². The van der Waals surface area contributed by atoms with E-state index in [0.717, 1.165) is 0 Å². The monoisotopic (exact) mass is 365 g/mol. The van der Waals surface area contributed by atoms with Crippen LogP contribution in [0, 0.1) is 17.1 Å². The number of amides is 1. The molecule has 2 aromatic rings. The Hall–Kier alpha value is -2.13.